The highest BCUT2D eigenvalue weighted by atomic mass is 16.5. The van der Waals surface area contributed by atoms with E-state index >= 15 is 0 Å². The molecule has 1 fully saturated rings. The van der Waals surface area contributed by atoms with Gasteiger partial charge >= 0.3 is 0 Å². The van der Waals surface area contributed by atoms with Crippen LogP contribution < -0.4 is 10.1 Å². The number of nitrogens with one attached hydrogen (secondary N) is 1. The van der Waals surface area contributed by atoms with E-state index in [0.29, 0.717) is 12.0 Å². The van der Waals surface area contributed by atoms with Gasteiger partial charge in [-0.05, 0) is 56.1 Å². The molecule has 0 aromatic heterocycles. The Morgan fingerprint density at radius 2 is 1.82 bits per heavy atom. The molecule has 122 valence electrons. The van der Waals surface area contributed by atoms with Gasteiger partial charge in [0.05, 0.1) is 12.3 Å². The van der Waals surface area contributed by atoms with E-state index in [0.717, 1.165) is 43.0 Å². The fraction of sp³-hybridized carbons (Fsp3) is 0.632. The summed E-state index contributed by atoms with van der Waals surface area (Å²) in [6.07, 6.45) is 4.28. The number of ether oxygens (including phenoxy) is 1. The van der Waals surface area contributed by atoms with Crippen LogP contribution in [0.4, 0.5) is 5.69 Å². The molecule has 1 aromatic rings. The van der Waals surface area contributed by atoms with Crippen LogP contribution in [0.5, 0.6) is 5.75 Å². The molecule has 1 aliphatic carbocycles. The zero-order chi connectivity index (χ0) is 16.2. The summed E-state index contributed by atoms with van der Waals surface area (Å²) in [5.41, 5.74) is 1.13. The van der Waals surface area contributed by atoms with E-state index in [4.69, 9.17) is 4.74 Å². The Hall–Kier alpha value is -1.51. The van der Waals surface area contributed by atoms with Gasteiger partial charge in [0.1, 0.15) is 5.75 Å². The number of anilines is 1. The van der Waals surface area contributed by atoms with Crippen LogP contribution in [0.1, 0.15) is 53.4 Å². The van der Waals surface area contributed by atoms with Crippen molar-refractivity contribution in [3.63, 3.8) is 0 Å². The number of carbonyl (C=O) groups is 1. The lowest BCUT2D eigenvalue weighted by molar-refractivity contribution is -0.121. The second kappa shape index (κ2) is 7.17. The third kappa shape index (κ3) is 4.25. The Bertz CT molecular complexity index is 496. The minimum atomic E-state index is 0.133. The Morgan fingerprint density at radius 3 is 2.41 bits per heavy atom. The van der Waals surface area contributed by atoms with E-state index in [9.17, 15) is 4.79 Å². The average molecular weight is 303 g/mol. The van der Waals surface area contributed by atoms with Crippen molar-refractivity contribution < 1.29 is 9.53 Å². The van der Waals surface area contributed by atoms with Crippen molar-refractivity contribution in [2.75, 3.05) is 11.9 Å². The fourth-order valence-corrected chi connectivity index (χ4v) is 3.31. The molecular weight excluding hydrogens is 274 g/mol. The number of carbonyl (C=O) groups excluding carboxylic acids is 1. The Kier molecular flexibility index (Phi) is 5.49. The lowest BCUT2D eigenvalue weighted by atomic mass is 9.69. The summed E-state index contributed by atoms with van der Waals surface area (Å²) in [5.74, 6) is 1.75. The van der Waals surface area contributed by atoms with Gasteiger partial charge in [0.2, 0.25) is 5.91 Å². The summed E-state index contributed by atoms with van der Waals surface area (Å²) in [6, 6.07) is 7.66. The quantitative estimate of drug-likeness (QED) is 0.861. The molecule has 0 saturated heterocycles. The third-order valence-corrected chi connectivity index (χ3v) is 4.77. The van der Waals surface area contributed by atoms with Crippen molar-refractivity contribution in [2.24, 2.45) is 17.3 Å². The highest BCUT2D eigenvalue weighted by Gasteiger charge is 2.32. The first-order valence-corrected chi connectivity index (χ1v) is 8.44. The Balaban J connectivity index is 1.94. The molecule has 2 rings (SSSR count). The first-order chi connectivity index (χ1) is 10.4. The lowest BCUT2D eigenvalue weighted by Gasteiger charge is -2.36. The second-order valence-electron chi connectivity index (χ2n) is 7.33. The predicted molar refractivity (Wildman–Crippen MR) is 91.1 cm³/mol. The molecule has 1 amide bonds. The number of rotatable bonds is 4. The van der Waals surface area contributed by atoms with Crippen LogP contribution in [0.15, 0.2) is 24.3 Å². The van der Waals surface area contributed by atoms with Crippen molar-refractivity contribution in [2.45, 2.75) is 53.4 Å². The van der Waals surface area contributed by atoms with Gasteiger partial charge in [-0.25, -0.2) is 0 Å². The summed E-state index contributed by atoms with van der Waals surface area (Å²) in [5, 5.41) is 3.05. The molecule has 0 unspecified atom stereocenters. The number of hydrogen-bond acceptors (Lipinski definition) is 2. The third-order valence-electron chi connectivity index (χ3n) is 4.77. The second-order valence-corrected chi connectivity index (χ2v) is 7.33. The van der Waals surface area contributed by atoms with Crippen LogP contribution in [-0.4, -0.2) is 12.5 Å². The molecule has 0 heterocycles. The molecule has 3 heteroatoms. The molecule has 3 nitrogen and oxygen atoms in total. The minimum Gasteiger partial charge on any atom is -0.492 e. The monoisotopic (exact) mass is 303 g/mol. The molecular formula is C19H29NO2. The molecule has 1 N–H and O–H groups in total. The lowest BCUT2D eigenvalue weighted by Crippen LogP contribution is -2.31. The van der Waals surface area contributed by atoms with Crippen LogP contribution in [-0.2, 0) is 4.79 Å². The molecule has 1 aliphatic rings. The van der Waals surface area contributed by atoms with Crippen molar-refractivity contribution in [3.05, 3.63) is 24.3 Å². The topological polar surface area (TPSA) is 38.3 Å². The largest absolute Gasteiger partial charge is 0.492 e. The highest BCUT2D eigenvalue weighted by molar-refractivity contribution is 5.94. The summed E-state index contributed by atoms with van der Waals surface area (Å²) in [4.78, 5) is 12.5. The van der Waals surface area contributed by atoms with Crippen LogP contribution in [0, 0.1) is 17.3 Å². The van der Waals surface area contributed by atoms with Gasteiger partial charge in [-0.1, -0.05) is 32.9 Å². The number of para-hydroxylation sites is 2. The molecule has 0 atom stereocenters. The Labute approximate surface area is 134 Å². The van der Waals surface area contributed by atoms with Crippen molar-refractivity contribution in [1.82, 2.24) is 0 Å². The van der Waals surface area contributed by atoms with E-state index in [1.54, 1.807) is 0 Å². The molecule has 1 saturated carbocycles. The molecule has 0 aliphatic heterocycles. The standard InChI is InChI=1S/C19H29NO2/c1-5-22-17-9-7-6-8-16(17)20-18(21)14-10-12-15(13-11-14)19(2,3)4/h6-9,14-15H,5,10-13H2,1-4H3,(H,20,21). The van der Waals surface area contributed by atoms with Gasteiger partial charge in [-0.2, -0.15) is 0 Å². The zero-order valence-electron chi connectivity index (χ0n) is 14.3. The van der Waals surface area contributed by atoms with Crippen molar-refractivity contribution in [1.29, 1.82) is 0 Å². The van der Waals surface area contributed by atoms with E-state index in [-0.39, 0.29) is 11.8 Å². The van der Waals surface area contributed by atoms with Crippen LogP contribution in [0.3, 0.4) is 0 Å². The molecule has 0 spiro atoms. The summed E-state index contributed by atoms with van der Waals surface area (Å²) in [6.45, 7) is 9.46. The fourth-order valence-electron chi connectivity index (χ4n) is 3.31. The van der Waals surface area contributed by atoms with Gasteiger partial charge in [-0.3, -0.25) is 4.79 Å². The highest BCUT2D eigenvalue weighted by Crippen LogP contribution is 2.40. The number of amides is 1. The smallest absolute Gasteiger partial charge is 0.227 e. The summed E-state index contributed by atoms with van der Waals surface area (Å²) in [7, 11) is 0. The molecule has 1 aromatic carbocycles. The number of benzene rings is 1. The van der Waals surface area contributed by atoms with E-state index in [1.807, 2.05) is 31.2 Å². The maximum absolute atomic E-state index is 12.5. The SMILES string of the molecule is CCOc1ccccc1NC(=O)C1CCC(C(C)(C)C)CC1. The molecule has 0 bridgehead atoms. The average Bonchev–Trinajstić information content (AvgIpc) is 2.49. The molecule has 22 heavy (non-hydrogen) atoms. The minimum absolute atomic E-state index is 0.133. The number of hydrogen-bond donors (Lipinski definition) is 1. The first-order valence-electron chi connectivity index (χ1n) is 8.44. The first kappa shape index (κ1) is 16.9. The van der Waals surface area contributed by atoms with Gasteiger partial charge < -0.3 is 10.1 Å². The maximum atomic E-state index is 12.5. The van der Waals surface area contributed by atoms with Crippen LogP contribution >= 0.6 is 0 Å². The van der Waals surface area contributed by atoms with Gasteiger partial charge in [0, 0.05) is 5.92 Å². The van der Waals surface area contributed by atoms with Crippen LogP contribution in [0.2, 0.25) is 0 Å². The van der Waals surface area contributed by atoms with Gasteiger partial charge in [0.15, 0.2) is 0 Å². The maximum Gasteiger partial charge on any atom is 0.227 e. The van der Waals surface area contributed by atoms with E-state index < -0.39 is 0 Å². The van der Waals surface area contributed by atoms with Gasteiger partial charge in [0.25, 0.3) is 0 Å². The molecule has 0 radical (unpaired) electrons. The van der Waals surface area contributed by atoms with E-state index in [2.05, 4.69) is 26.1 Å². The normalized spacial score (nSPS) is 22.2. The summed E-state index contributed by atoms with van der Waals surface area (Å²) >= 11 is 0. The Morgan fingerprint density at radius 1 is 1.18 bits per heavy atom. The van der Waals surface area contributed by atoms with E-state index in [1.165, 1.54) is 0 Å². The zero-order valence-corrected chi connectivity index (χ0v) is 14.3. The summed E-state index contributed by atoms with van der Waals surface area (Å²) < 4.78 is 5.57. The van der Waals surface area contributed by atoms with Gasteiger partial charge in [-0.15, -0.1) is 0 Å². The predicted octanol–water partition coefficient (Wildman–Crippen LogP) is 4.88. The van der Waals surface area contributed by atoms with Crippen molar-refractivity contribution >= 4 is 11.6 Å². The van der Waals surface area contributed by atoms with Crippen molar-refractivity contribution in [3.8, 4) is 5.75 Å². The van der Waals surface area contributed by atoms with Crippen LogP contribution in [0.25, 0.3) is 0 Å².